The van der Waals surface area contributed by atoms with E-state index in [0.717, 1.165) is 30.2 Å². The number of benzene rings is 1. The van der Waals surface area contributed by atoms with Gasteiger partial charge in [-0.25, -0.2) is 13.1 Å². The van der Waals surface area contributed by atoms with Crippen molar-refractivity contribution in [2.75, 3.05) is 27.2 Å². The van der Waals surface area contributed by atoms with Gasteiger partial charge >= 0.3 is 0 Å². The SMILES string of the molecule is CN=C(NCc1cccc(CS(=O)(=O)NC)c1)N1CCCC(C)C1.I. The van der Waals surface area contributed by atoms with Gasteiger partial charge in [-0.1, -0.05) is 31.2 Å². The average Bonchev–Trinajstić information content (AvgIpc) is 2.55. The molecule has 1 aliphatic heterocycles. The predicted octanol–water partition coefficient (Wildman–Crippen LogP) is 2.16. The quantitative estimate of drug-likeness (QED) is 0.385. The second-order valence-corrected chi connectivity index (χ2v) is 8.30. The van der Waals surface area contributed by atoms with E-state index in [-0.39, 0.29) is 29.7 Å². The Hall–Kier alpha value is -0.870. The molecule has 1 saturated heterocycles. The number of hydrogen-bond acceptors (Lipinski definition) is 3. The van der Waals surface area contributed by atoms with Gasteiger partial charge in [0.05, 0.1) is 5.75 Å². The summed E-state index contributed by atoms with van der Waals surface area (Å²) >= 11 is 0. The smallest absolute Gasteiger partial charge is 0.215 e. The van der Waals surface area contributed by atoms with E-state index in [1.165, 1.54) is 19.9 Å². The van der Waals surface area contributed by atoms with Crippen molar-refractivity contribution in [1.82, 2.24) is 14.9 Å². The van der Waals surface area contributed by atoms with Gasteiger partial charge < -0.3 is 10.2 Å². The van der Waals surface area contributed by atoms with Crippen molar-refractivity contribution in [3.63, 3.8) is 0 Å². The molecule has 1 aliphatic rings. The van der Waals surface area contributed by atoms with E-state index in [2.05, 4.69) is 26.9 Å². The summed E-state index contributed by atoms with van der Waals surface area (Å²) in [5, 5.41) is 3.39. The van der Waals surface area contributed by atoms with Gasteiger partial charge in [0.2, 0.25) is 10.0 Å². The number of rotatable bonds is 5. The minimum Gasteiger partial charge on any atom is -0.352 e. The van der Waals surface area contributed by atoms with E-state index < -0.39 is 10.0 Å². The summed E-state index contributed by atoms with van der Waals surface area (Å²) in [6, 6.07) is 7.64. The Kier molecular flexibility index (Phi) is 9.15. The van der Waals surface area contributed by atoms with Crippen LogP contribution in [-0.2, 0) is 22.3 Å². The van der Waals surface area contributed by atoms with Gasteiger partial charge in [-0.15, -0.1) is 24.0 Å². The van der Waals surface area contributed by atoms with E-state index in [1.807, 2.05) is 24.3 Å². The van der Waals surface area contributed by atoms with Crippen LogP contribution < -0.4 is 10.0 Å². The Morgan fingerprint density at radius 1 is 1.36 bits per heavy atom. The van der Waals surface area contributed by atoms with Gasteiger partial charge in [0, 0.05) is 26.7 Å². The fourth-order valence-corrected chi connectivity index (χ4v) is 3.78. The topological polar surface area (TPSA) is 73.8 Å². The van der Waals surface area contributed by atoms with Crippen molar-refractivity contribution in [2.24, 2.45) is 10.9 Å². The molecular formula is C17H29IN4O2S. The summed E-state index contributed by atoms with van der Waals surface area (Å²) in [7, 11) is -0.0129. The summed E-state index contributed by atoms with van der Waals surface area (Å²) in [6.07, 6.45) is 2.47. The first-order chi connectivity index (χ1) is 11.4. The van der Waals surface area contributed by atoms with E-state index >= 15 is 0 Å². The zero-order valence-electron chi connectivity index (χ0n) is 15.2. The van der Waals surface area contributed by atoms with Crippen LogP contribution in [0.3, 0.4) is 0 Å². The summed E-state index contributed by atoms with van der Waals surface area (Å²) in [4.78, 5) is 6.68. The van der Waals surface area contributed by atoms with Gasteiger partial charge in [-0.3, -0.25) is 4.99 Å². The average molecular weight is 480 g/mol. The van der Waals surface area contributed by atoms with Crippen LogP contribution in [0.1, 0.15) is 30.9 Å². The summed E-state index contributed by atoms with van der Waals surface area (Å²) < 4.78 is 25.7. The molecule has 1 atom stereocenters. The Morgan fingerprint density at radius 2 is 2.08 bits per heavy atom. The van der Waals surface area contributed by atoms with Crippen LogP contribution in [0.15, 0.2) is 29.3 Å². The van der Waals surface area contributed by atoms with Crippen LogP contribution in [-0.4, -0.2) is 46.5 Å². The van der Waals surface area contributed by atoms with Crippen molar-refractivity contribution in [2.45, 2.75) is 32.1 Å². The molecule has 0 aliphatic carbocycles. The fourth-order valence-electron chi connectivity index (χ4n) is 3.02. The zero-order chi connectivity index (χ0) is 17.6. The van der Waals surface area contributed by atoms with Crippen LogP contribution >= 0.6 is 24.0 Å². The maximum Gasteiger partial charge on any atom is 0.215 e. The fraction of sp³-hybridized carbons (Fsp3) is 0.588. The first-order valence-corrected chi connectivity index (χ1v) is 10.0. The van der Waals surface area contributed by atoms with Gasteiger partial charge in [0.15, 0.2) is 5.96 Å². The molecular weight excluding hydrogens is 451 g/mol. The lowest BCUT2D eigenvalue weighted by atomic mass is 10.0. The van der Waals surface area contributed by atoms with E-state index in [9.17, 15) is 8.42 Å². The number of guanidine groups is 1. The molecule has 142 valence electrons. The van der Waals surface area contributed by atoms with Crippen molar-refractivity contribution in [3.8, 4) is 0 Å². The molecule has 25 heavy (non-hydrogen) atoms. The van der Waals surface area contributed by atoms with Crippen molar-refractivity contribution in [1.29, 1.82) is 0 Å². The lowest BCUT2D eigenvalue weighted by Gasteiger charge is -2.33. The highest BCUT2D eigenvalue weighted by atomic mass is 127. The summed E-state index contributed by atoms with van der Waals surface area (Å²) in [5.41, 5.74) is 1.83. The summed E-state index contributed by atoms with van der Waals surface area (Å²) in [6.45, 7) is 4.96. The number of likely N-dealkylation sites (tertiary alicyclic amines) is 1. The van der Waals surface area contributed by atoms with E-state index in [1.54, 1.807) is 7.05 Å². The highest BCUT2D eigenvalue weighted by Crippen LogP contribution is 2.15. The normalized spacial score (nSPS) is 18.6. The molecule has 0 amide bonds. The van der Waals surface area contributed by atoms with Crippen LogP contribution in [0.4, 0.5) is 0 Å². The highest BCUT2D eigenvalue weighted by molar-refractivity contribution is 14.0. The number of piperidine rings is 1. The number of nitrogens with one attached hydrogen (secondary N) is 2. The number of sulfonamides is 1. The number of halogens is 1. The molecule has 2 rings (SSSR count). The Labute approximate surface area is 168 Å². The lowest BCUT2D eigenvalue weighted by Crippen LogP contribution is -2.45. The maximum atomic E-state index is 11.7. The minimum atomic E-state index is -3.25. The van der Waals surface area contributed by atoms with Crippen LogP contribution in [0, 0.1) is 5.92 Å². The molecule has 6 nitrogen and oxygen atoms in total. The number of nitrogens with zero attached hydrogens (tertiary/aromatic N) is 2. The highest BCUT2D eigenvalue weighted by Gasteiger charge is 2.19. The maximum absolute atomic E-state index is 11.7. The van der Waals surface area contributed by atoms with Crippen molar-refractivity contribution < 1.29 is 8.42 Å². The molecule has 1 aromatic rings. The van der Waals surface area contributed by atoms with Crippen molar-refractivity contribution in [3.05, 3.63) is 35.4 Å². The molecule has 0 bridgehead atoms. The van der Waals surface area contributed by atoms with E-state index in [4.69, 9.17) is 0 Å². The second-order valence-electron chi connectivity index (χ2n) is 6.38. The minimum absolute atomic E-state index is 0. The van der Waals surface area contributed by atoms with Crippen LogP contribution in [0.2, 0.25) is 0 Å². The third-order valence-electron chi connectivity index (χ3n) is 4.28. The van der Waals surface area contributed by atoms with E-state index in [0.29, 0.717) is 12.5 Å². The molecule has 0 radical (unpaired) electrons. The summed E-state index contributed by atoms with van der Waals surface area (Å²) in [5.74, 6) is 1.59. The third-order valence-corrected chi connectivity index (χ3v) is 5.61. The first kappa shape index (κ1) is 22.2. The third kappa shape index (κ3) is 7.10. The second kappa shape index (κ2) is 10.3. The monoisotopic (exact) mass is 480 g/mol. The molecule has 0 aromatic heterocycles. The molecule has 0 spiro atoms. The molecule has 0 saturated carbocycles. The van der Waals surface area contributed by atoms with Crippen molar-refractivity contribution >= 4 is 40.0 Å². The van der Waals surface area contributed by atoms with Crippen LogP contribution in [0.25, 0.3) is 0 Å². The standard InChI is InChI=1S/C17H28N4O2S.HI/c1-14-6-5-9-21(12-14)17(18-2)20-11-15-7-4-8-16(10-15)13-24(22,23)19-3;/h4,7-8,10,14,19H,5-6,9,11-13H2,1-3H3,(H,18,20);1H. The van der Waals surface area contributed by atoms with Crippen LogP contribution in [0.5, 0.6) is 0 Å². The molecule has 2 N–H and O–H groups in total. The molecule has 1 heterocycles. The first-order valence-electron chi connectivity index (χ1n) is 8.38. The Bertz CT molecular complexity index is 679. The largest absolute Gasteiger partial charge is 0.352 e. The van der Waals surface area contributed by atoms with Gasteiger partial charge in [-0.05, 0) is 36.9 Å². The molecule has 8 heteroatoms. The Morgan fingerprint density at radius 3 is 2.72 bits per heavy atom. The molecule has 1 unspecified atom stereocenters. The van der Waals surface area contributed by atoms with Gasteiger partial charge in [0.25, 0.3) is 0 Å². The predicted molar refractivity (Wildman–Crippen MR) is 114 cm³/mol. The lowest BCUT2D eigenvalue weighted by molar-refractivity contribution is 0.266. The van der Waals surface area contributed by atoms with Gasteiger partial charge in [0.1, 0.15) is 0 Å². The Balaban J connectivity index is 0.00000312. The number of aliphatic imine (C=N–C) groups is 1. The van der Waals surface area contributed by atoms with Gasteiger partial charge in [-0.2, -0.15) is 0 Å². The number of hydrogen-bond donors (Lipinski definition) is 2. The molecule has 1 aromatic carbocycles. The molecule has 1 fully saturated rings. The zero-order valence-corrected chi connectivity index (χ0v) is 18.3.